The van der Waals surface area contributed by atoms with Crippen molar-refractivity contribution in [3.8, 4) is 0 Å². The Morgan fingerprint density at radius 3 is 2.55 bits per heavy atom. The fourth-order valence-electron chi connectivity index (χ4n) is 3.35. The summed E-state index contributed by atoms with van der Waals surface area (Å²) in [5, 5.41) is 3.66. The van der Waals surface area contributed by atoms with Gasteiger partial charge in [0, 0.05) is 18.6 Å². The molecule has 0 aromatic carbocycles. The lowest BCUT2D eigenvalue weighted by Gasteiger charge is -2.30. The van der Waals surface area contributed by atoms with E-state index in [4.69, 9.17) is 4.74 Å². The summed E-state index contributed by atoms with van der Waals surface area (Å²) in [5.74, 6) is 1.73. The second kappa shape index (κ2) is 7.20. The van der Waals surface area contributed by atoms with Crippen LogP contribution in [0.3, 0.4) is 0 Å². The Morgan fingerprint density at radius 1 is 1.27 bits per heavy atom. The van der Waals surface area contributed by atoms with Crippen LogP contribution in [0.4, 0.5) is 4.79 Å². The van der Waals surface area contributed by atoms with Crippen LogP contribution in [0.5, 0.6) is 0 Å². The summed E-state index contributed by atoms with van der Waals surface area (Å²) in [6, 6.07) is 0.780. The summed E-state index contributed by atoms with van der Waals surface area (Å²) in [7, 11) is 0. The van der Waals surface area contributed by atoms with Crippen LogP contribution < -0.4 is 5.32 Å². The lowest BCUT2D eigenvalue weighted by Crippen LogP contribution is -2.43. The molecule has 0 bridgehead atoms. The van der Waals surface area contributed by atoms with E-state index in [1.54, 1.807) is 0 Å². The van der Waals surface area contributed by atoms with E-state index in [1.807, 2.05) is 25.7 Å². The number of amides is 1. The maximum atomic E-state index is 12.3. The zero-order valence-corrected chi connectivity index (χ0v) is 15.0. The predicted octanol–water partition coefficient (Wildman–Crippen LogP) is 3.80. The van der Waals surface area contributed by atoms with Crippen LogP contribution in [0.1, 0.15) is 66.7 Å². The molecule has 1 aliphatic carbocycles. The highest BCUT2D eigenvalue weighted by Crippen LogP contribution is 2.36. The molecular weight excluding hydrogens is 276 g/mol. The average molecular weight is 310 g/mol. The van der Waals surface area contributed by atoms with Crippen molar-refractivity contribution in [2.45, 2.75) is 84.4 Å². The second-order valence-electron chi connectivity index (χ2n) is 8.33. The maximum Gasteiger partial charge on any atom is 0.410 e. The summed E-state index contributed by atoms with van der Waals surface area (Å²) in [6.07, 6.45) is 5.89. The Labute approximate surface area is 136 Å². The fourth-order valence-corrected chi connectivity index (χ4v) is 3.35. The normalized spacial score (nSPS) is 25.1. The number of likely N-dealkylation sites (tertiary alicyclic amines) is 1. The number of hydrogen-bond donors (Lipinski definition) is 1. The lowest BCUT2D eigenvalue weighted by atomic mass is 10.0. The first-order chi connectivity index (χ1) is 10.3. The topological polar surface area (TPSA) is 41.6 Å². The largest absolute Gasteiger partial charge is 0.444 e. The first-order valence-electron chi connectivity index (χ1n) is 8.99. The number of hydrogen-bond acceptors (Lipinski definition) is 3. The molecule has 2 rings (SSSR count). The van der Waals surface area contributed by atoms with Crippen molar-refractivity contribution in [3.05, 3.63) is 0 Å². The minimum Gasteiger partial charge on any atom is -0.444 e. The van der Waals surface area contributed by atoms with Crippen molar-refractivity contribution in [2.24, 2.45) is 11.8 Å². The van der Waals surface area contributed by atoms with Crippen LogP contribution in [-0.4, -0.2) is 41.8 Å². The maximum absolute atomic E-state index is 12.3. The summed E-state index contributed by atoms with van der Waals surface area (Å²) in [5.41, 5.74) is -0.409. The van der Waals surface area contributed by atoms with Gasteiger partial charge in [-0.1, -0.05) is 6.92 Å². The van der Waals surface area contributed by atoms with Gasteiger partial charge in [0.1, 0.15) is 5.60 Å². The molecule has 3 unspecified atom stereocenters. The monoisotopic (exact) mass is 310 g/mol. The van der Waals surface area contributed by atoms with E-state index in [9.17, 15) is 4.79 Å². The molecule has 2 fully saturated rings. The molecule has 2 aliphatic rings. The van der Waals surface area contributed by atoms with Crippen LogP contribution in [0.25, 0.3) is 0 Å². The van der Waals surface area contributed by atoms with E-state index in [0.717, 1.165) is 44.2 Å². The molecule has 1 saturated heterocycles. The quantitative estimate of drug-likeness (QED) is 0.811. The lowest BCUT2D eigenvalue weighted by molar-refractivity contribution is 0.0214. The Morgan fingerprint density at radius 2 is 1.95 bits per heavy atom. The predicted molar refractivity (Wildman–Crippen MR) is 89.9 cm³/mol. The van der Waals surface area contributed by atoms with Gasteiger partial charge in [0.15, 0.2) is 0 Å². The minimum absolute atomic E-state index is 0.145. The zero-order valence-electron chi connectivity index (χ0n) is 15.0. The number of nitrogens with one attached hydrogen (secondary N) is 1. The molecular formula is C18H34N2O2. The number of carbonyl (C=O) groups excluding carboxylic acids is 1. The zero-order chi connectivity index (χ0) is 16.3. The van der Waals surface area contributed by atoms with E-state index in [1.165, 1.54) is 12.8 Å². The third-order valence-electron chi connectivity index (χ3n) is 4.85. The minimum atomic E-state index is -0.409. The van der Waals surface area contributed by atoms with E-state index < -0.39 is 5.60 Å². The smallest absolute Gasteiger partial charge is 0.410 e. The number of ether oxygens (including phenoxy) is 1. The van der Waals surface area contributed by atoms with Gasteiger partial charge in [-0.15, -0.1) is 0 Å². The molecule has 3 atom stereocenters. The van der Waals surface area contributed by atoms with Gasteiger partial charge in [-0.05, 0) is 78.2 Å². The highest BCUT2D eigenvalue weighted by atomic mass is 16.6. The molecule has 4 nitrogen and oxygen atoms in total. The molecule has 0 aromatic heterocycles. The van der Waals surface area contributed by atoms with Crippen LogP contribution >= 0.6 is 0 Å². The van der Waals surface area contributed by atoms with Crippen molar-refractivity contribution in [2.75, 3.05) is 13.1 Å². The number of rotatable bonds is 6. The summed E-state index contributed by atoms with van der Waals surface area (Å²) in [4.78, 5) is 14.2. The van der Waals surface area contributed by atoms with Gasteiger partial charge in [-0.3, -0.25) is 0 Å². The van der Waals surface area contributed by atoms with Crippen LogP contribution in [0.15, 0.2) is 0 Å². The molecule has 22 heavy (non-hydrogen) atoms. The van der Waals surface area contributed by atoms with Gasteiger partial charge in [0.25, 0.3) is 0 Å². The molecule has 0 aromatic rings. The van der Waals surface area contributed by atoms with Crippen LogP contribution in [-0.2, 0) is 4.74 Å². The Kier molecular flexibility index (Phi) is 5.76. The van der Waals surface area contributed by atoms with Gasteiger partial charge >= 0.3 is 6.09 Å². The second-order valence-corrected chi connectivity index (χ2v) is 8.33. The van der Waals surface area contributed by atoms with Crippen LogP contribution in [0.2, 0.25) is 0 Å². The van der Waals surface area contributed by atoms with Crippen molar-refractivity contribution < 1.29 is 9.53 Å². The number of nitrogens with zero attached hydrogens (tertiary/aromatic N) is 1. The first kappa shape index (κ1) is 17.6. The van der Waals surface area contributed by atoms with Crippen molar-refractivity contribution >= 4 is 6.09 Å². The van der Waals surface area contributed by atoms with E-state index in [0.29, 0.717) is 12.1 Å². The van der Waals surface area contributed by atoms with E-state index in [2.05, 4.69) is 19.2 Å². The third kappa shape index (κ3) is 5.45. The van der Waals surface area contributed by atoms with E-state index >= 15 is 0 Å². The third-order valence-corrected chi connectivity index (χ3v) is 4.85. The molecule has 1 saturated carbocycles. The van der Waals surface area contributed by atoms with Gasteiger partial charge in [0.2, 0.25) is 0 Å². The van der Waals surface area contributed by atoms with E-state index in [-0.39, 0.29) is 6.09 Å². The van der Waals surface area contributed by atoms with Gasteiger partial charge in [-0.25, -0.2) is 4.79 Å². The SMILES string of the molecule is CC(CC1CCCN1C(=O)OC(C)(C)C)NCC(C)C1CC1. The van der Waals surface area contributed by atoms with Crippen molar-refractivity contribution in [3.63, 3.8) is 0 Å². The molecule has 4 heteroatoms. The summed E-state index contributed by atoms with van der Waals surface area (Å²) in [6.45, 7) is 12.3. The standard InChI is InChI=1S/C18H34N2O2/c1-13(15-8-9-15)12-19-14(2)11-16-7-6-10-20(16)17(21)22-18(3,4)5/h13-16,19H,6-12H2,1-5H3. The molecule has 1 heterocycles. The molecule has 1 amide bonds. The van der Waals surface area contributed by atoms with Crippen molar-refractivity contribution in [1.29, 1.82) is 0 Å². The highest BCUT2D eigenvalue weighted by Gasteiger charge is 2.33. The van der Waals surface area contributed by atoms with Crippen LogP contribution in [0, 0.1) is 11.8 Å². The molecule has 128 valence electrons. The Bertz CT molecular complexity index is 374. The van der Waals surface area contributed by atoms with Gasteiger partial charge in [0.05, 0.1) is 0 Å². The summed E-state index contributed by atoms with van der Waals surface area (Å²) < 4.78 is 5.54. The fraction of sp³-hybridized carbons (Fsp3) is 0.944. The number of carbonyl (C=O) groups is 1. The molecule has 0 radical (unpaired) electrons. The molecule has 0 spiro atoms. The highest BCUT2D eigenvalue weighted by molar-refractivity contribution is 5.68. The Balaban J connectivity index is 1.76. The molecule has 1 aliphatic heterocycles. The van der Waals surface area contributed by atoms with Gasteiger partial charge in [-0.2, -0.15) is 0 Å². The first-order valence-corrected chi connectivity index (χ1v) is 8.99. The van der Waals surface area contributed by atoms with Crippen molar-refractivity contribution in [1.82, 2.24) is 10.2 Å². The average Bonchev–Trinajstić information content (AvgIpc) is 3.14. The molecule has 1 N–H and O–H groups in total. The Hall–Kier alpha value is -0.770. The van der Waals surface area contributed by atoms with Gasteiger partial charge < -0.3 is 15.0 Å². The summed E-state index contributed by atoms with van der Waals surface area (Å²) >= 11 is 0.